The summed E-state index contributed by atoms with van der Waals surface area (Å²) in [6, 6.07) is 7.24. The Balaban J connectivity index is 2.30. The van der Waals surface area contributed by atoms with E-state index in [0.717, 1.165) is 25.1 Å². The topological polar surface area (TPSA) is 52.7 Å². The fraction of sp³-hybridized carbons (Fsp3) is 0.571. The second-order valence-corrected chi connectivity index (χ2v) is 7.11. The lowest BCUT2D eigenvalue weighted by Crippen LogP contribution is -2.35. The van der Waals surface area contributed by atoms with E-state index in [9.17, 15) is 8.42 Å². The van der Waals surface area contributed by atoms with E-state index in [4.69, 9.17) is 0 Å². The van der Waals surface area contributed by atoms with Crippen molar-refractivity contribution in [3.63, 3.8) is 0 Å². The van der Waals surface area contributed by atoms with Crippen LogP contribution in [0.4, 0.5) is 0 Å². The van der Waals surface area contributed by atoms with Crippen molar-refractivity contribution in [2.24, 2.45) is 0 Å². The number of hydrogen-bond donors (Lipinski definition) is 1. The van der Waals surface area contributed by atoms with Crippen molar-refractivity contribution in [2.45, 2.75) is 17.9 Å². The molecule has 1 aromatic carbocycles. The second-order valence-electron chi connectivity index (χ2n) is 5.20. The number of benzene rings is 1. The molecule has 0 aliphatic carbocycles. The van der Waals surface area contributed by atoms with Gasteiger partial charge in [0.2, 0.25) is 10.0 Å². The quantitative estimate of drug-likeness (QED) is 0.890. The van der Waals surface area contributed by atoms with E-state index < -0.39 is 10.0 Å². The molecule has 1 aliphatic rings. The van der Waals surface area contributed by atoms with E-state index in [-0.39, 0.29) is 0 Å². The van der Waals surface area contributed by atoms with Crippen LogP contribution in [0.3, 0.4) is 0 Å². The van der Waals surface area contributed by atoms with Crippen LogP contribution in [0, 0.1) is 0 Å². The van der Waals surface area contributed by atoms with Gasteiger partial charge in [-0.2, -0.15) is 4.31 Å². The van der Waals surface area contributed by atoms with E-state index in [0.29, 0.717) is 24.5 Å². The van der Waals surface area contributed by atoms with Gasteiger partial charge in [-0.25, -0.2) is 8.42 Å². The molecule has 0 unspecified atom stereocenters. The highest BCUT2D eigenvalue weighted by molar-refractivity contribution is 7.89. The number of nitrogens with zero attached hydrogens (tertiary/aromatic N) is 2. The van der Waals surface area contributed by atoms with Gasteiger partial charge in [-0.3, -0.25) is 0 Å². The minimum atomic E-state index is -3.39. The molecule has 0 atom stereocenters. The summed E-state index contributed by atoms with van der Waals surface area (Å²) in [5, 5.41) is 3.03. The Hall–Kier alpha value is -0.950. The fourth-order valence-electron chi connectivity index (χ4n) is 2.49. The zero-order chi connectivity index (χ0) is 14.6. The Bertz CT molecular complexity index is 545. The number of hydrogen-bond acceptors (Lipinski definition) is 4. The molecule has 6 heteroatoms. The number of rotatable bonds is 4. The van der Waals surface area contributed by atoms with E-state index in [1.54, 1.807) is 16.4 Å². The summed E-state index contributed by atoms with van der Waals surface area (Å²) >= 11 is 0. The van der Waals surface area contributed by atoms with Crippen molar-refractivity contribution < 1.29 is 8.42 Å². The second kappa shape index (κ2) is 6.67. The van der Waals surface area contributed by atoms with Crippen molar-refractivity contribution in [3.8, 4) is 0 Å². The van der Waals surface area contributed by atoms with Crippen LogP contribution in [0.25, 0.3) is 0 Å². The summed E-state index contributed by atoms with van der Waals surface area (Å²) < 4.78 is 27.3. The molecule has 20 heavy (non-hydrogen) atoms. The van der Waals surface area contributed by atoms with Crippen LogP contribution in [-0.2, 0) is 16.6 Å². The van der Waals surface area contributed by atoms with E-state index in [1.165, 1.54) is 0 Å². The molecular formula is C14H23N3O2S. The Labute approximate surface area is 121 Å². The van der Waals surface area contributed by atoms with Gasteiger partial charge in [-0.15, -0.1) is 0 Å². The van der Waals surface area contributed by atoms with Crippen LogP contribution in [0.2, 0.25) is 0 Å². The zero-order valence-electron chi connectivity index (χ0n) is 12.2. The van der Waals surface area contributed by atoms with Crippen molar-refractivity contribution in [1.82, 2.24) is 14.5 Å². The minimum Gasteiger partial charge on any atom is -0.316 e. The first kappa shape index (κ1) is 15.4. The maximum atomic E-state index is 12.8. The predicted molar refractivity (Wildman–Crippen MR) is 80.1 cm³/mol. The van der Waals surface area contributed by atoms with Gasteiger partial charge in [-0.1, -0.05) is 18.2 Å². The van der Waals surface area contributed by atoms with E-state index >= 15 is 0 Å². The summed E-state index contributed by atoms with van der Waals surface area (Å²) in [7, 11) is 0.462. The molecule has 0 aromatic heterocycles. The van der Waals surface area contributed by atoms with Gasteiger partial charge in [-0.05, 0) is 38.7 Å². The number of nitrogens with one attached hydrogen (secondary N) is 1. The van der Waals surface area contributed by atoms with Crippen LogP contribution < -0.4 is 5.32 Å². The fourth-order valence-corrected chi connectivity index (χ4v) is 4.19. The van der Waals surface area contributed by atoms with Gasteiger partial charge in [0, 0.05) is 26.2 Å². The Morgan fingerprint density at radius 2 is 1.90 bits per heavy atom. The average molecular weight is 297 g/mol. The predicted octanol–water partition coefficient (Wildman–Crippen LogP) is 0.732. The molecule has 1 saturated heterocycles. The van der Waals surface area contributed by atoms with Crippen LogP contribution >= 0.6 is 0 Å². The number of likely N-dealkylation sites (N-methyl/N-ethyl adjacent to an activating group) is 1. The van der Waals surface area contributed by atoms with Crippen LogP contribution in [0.1, 0.15) is 12.0 Å². The van der Waals surface area contributed by atoms with Gasteiger partial charge in [0.05, 0.1) is 4.90 Å². The van der Waals surface area contributed by atoms with Crippen LogP contribution in [0.5, 0.6) is 0 Å². The monoisotopic (exact) mass is 297 g/mol. The standard InChI is InChI=1S/C14H23N3O2S/c1-15-12-13-6-3-4-7-14(13)20(18,19)17-9-5-8-16(2)10-11-17/h3-4,6-7,15H,5,8-12H2,1-2H3. The lowest BCUT2D eigenvalue weighted by atomic mass is 10.2. The lowest BCUT2D eigenvalue weighted by molar-refractivity contribution is 0.347. The average Bonchev–Trinajstić information content (AvgIpc) is 2.65. The van der Waals surface area contributed by atoms with Crippen molar-refractivity contribution >= 4 is 10.0 Å². The first-order valence-electron chi connectivity index (χ1n) is 6.97. The first-order valence-corrected chi connectivity index (χ1v) is 8.41. The summed E-state index contributed by atoms with van der Waals surface area (Å²) in [5.74, 6) is 0. The molecular weight excluding hydrogens is 274 g/mol. The first-order chi connectivity index (χ1) is 9.55. The zero-order valence-corrected chi connectivity index (χ0v) is 13.0. The molecule has 1 fully saturated rings. The summed E-state index contributed by atoms with van der Waals surface area (Å²) in [6.07, 6.45) is 0.879. The van der Waals surface area contributed by atoms with Crippen molar-refractivity contribution in [2.75, 3.05) is 40.3 Å². The van der Waals surface area contributed by atoms with Gasteiger partial charge in [0.1, 0.15) is 0 Å². The maximum absolute atomic E-state index is 12.8. The molecule has 0 amide bonds. The third-order valence-electron chi connectivity index (χ3n) is 3.64. The van der Waals surface area contributed by atoms with Crippen LogP contribution in [-0.4, -0.2) is 57.9 Å². The molecule has 5 nitrogen and oxygen atoms in total. The van der Waals surface area contributed by atoms with Gasteiger partial charge in [0.25, 0.3) is 0 Å². The third kappa shape index (κ3) is 3.38. The SMILES string of the molecule is CNCc1ccccc1S(=O)(=O)N1CCCN(C)CC1. The molecule has 1 heterocycles. The highest BCUT2D eigenvalue weighted by Gasteiger charge is 2.27. The molecule has 1 N–H and O–H groups in total. The van der Waals surface area contributed by atoms with Crippen molar-refractivity contribution in [3.05, 3.63) is 29.8 Å². The van der Waals surface area contributed by atoms with Crippen molar-refractivity contribution in [1.29, 1.82) is 0 Å². The largest absolute Gasteiger partial charge is 0.316 e. The molecule has 2 rings (SSSR count). The Morgan fingerprint density at radius 3 is 2.65 bits per heavy atom. The normalized spacial score (nSPS) is 18.9. The minimum absolute atomic E-state index is 0.430. The Kier molecular flexibility index (Phi) is 5.15. The molecule has 112 valence electrons. The molecule has 1 aromatic rings. The maximum Gasteiger partial charge on any atom is 0.243 e. The highest BCUT2D eigenvalue weighted by Crippen LogP contribution is 2.21. The molecule has 0 saturated carbocycles. The molecule has 0 spiro atoms. The van der Waals surface area contributed by atoms with Gasteiger partial charge in [0.15, 0.2) is 0 Å². The van der Waals surface area contributed by atoms with Gasteiger partial charge >= 0.3 is 0 Å². The lowest BCUT2D eigenvalue weighted by Gasteiger charge is -2.21. The smallest absolute Gasteiger partial charge is 0.243 e. The summed E-state index contributed by atoms with van der Waals surface area (Å²) in [6.45, 7) is 3.45. The molecule has 1 aliphatic heterocycles. The molecule has 0 radical (unpaired) electrons. The molecule has 0 bridgehead atoms. The number of sulfonamides is 1. The Morgan fingerprint density at radius 1 is 1.15 bits per heavy atom. The van der Waals surface area contributed by atoms with E-state index in [2.05, 4.69) is 10.2 Å². The van der Waals surface area contributed by atoms with Crippen LogP contribution in [0.15, 0.2) is 29.2 Å². The third-order valence-corrected chi connectivity index (χ3v) is 5.64. The highest BCUT2D eigenvalue weighted by atomic mass is 32.2. The summed E-state index contributed by atoms with van der Waals surface area (Å²) in [5.41, 5.74) is 0.826. The van der Waals surface area contributed by atoms with Gasteiger partial charge < -0.3 is 10.2 Å². The summed E-state index contributed by atoms with van der Waals surface area (Å²) in [4.78, 5) is 2.61. The van der Waals surface area contributed by atoms with E-state index in [1.807, 2.05) is 26.2 Å².